The molecule has 202 valence electrons. The molecule has 0 atom stereocenters. The number of rotatable bonds is 10. The molecule has 3 aromatic carbocycles. The Kier molecular flexibility index (Phi) is 9.32. The van der Waals surface area contributed by atoms with Crippen LogP contribution in [0.3, 0.4) is 0 Å². The van der Waals surface area contributed by atoms with Crippen LogP contribution in [0.4, 0.5) is 5.69 Å². The van der Waals surface area contributed by atoms with Crippen LogP contribution >= 0.6 is 27.7 Å². The summed E-state index contributed by atoms with van der Waals surface area (Å²) < 4.78 is 17.7. The van der Waals surface area contributed by atoms with Crippen LogP contribution in [-0.2, 0) is 11.4 Å². The highest BCUT2D eigenvalue weighted by atomic mass is 79.9. The van der Waals surface area contributed by atoms with Crippen molar-refractivity contribution in [1.29, 1.82) is 0 Å². The standard InChI is InChI=1S/C29H27BrN2O6S/c1-4-32-27(33)25(39-29(32)31-21-9-11-22(36-3)12-10-21)16-19-14-23(30)26(24(15-19)37-5-2)38-17-18-7-6-8-20(13-18)28(34)35/h6-16H,4-5,17H2,1-3H3,(H,34,35)/b25-16+,31-29?. The number of halogens is 1. The van der Waals surface area contributed by atoms with Gasteiger partial charge in [-0.05, 0) is 107 Å². The fourth-order valence-corrected chi connectivity index (χ4v) is 5.45. The van der Waals surface area contributed by atoms with Gasteiger partial charge in [0.15, 0.2) is 16.7 Å². The van der Waals surface area contributed by atoms with Crippen LogP contribution in [0, 0.1) is 0 Å². The number of amidine groups is 1. The Hall–Kier alpha value is -3.76. The van der Waals surface area contributed by atoms with E-state index < -0.39 is 5.97 Å². The van der Waals surface area contributed by atoms with Crippen molar-refractivity contribution in [2.75, 3.05) is 20.3 Å². The van der Waals surface area contributed by atoms with Gasteiger partial charge in [-0.2, -0.15) is 0 Å². The monoisotopic (exact) mass is 610 g/mol. The van der Waals surface area contributed by atoms with E-state index in [0.717, 1.165) is 17.0 Å². The first-order chi connectivity index (χ1) is 18.8. The largest absolute Gasteiger partial charge is 0.497 e. The molecule has 0 radical (unpaired) electrons. The van der Waals surface area contributed by atoms with Crippen LogP contribution in [0.5, 0.6) is 17.2 Å². The minimum atomic E-state index is -0.997. The van der Waals surface area contributed by atoms with Gasteiger partial charge >= 0.3 is 5.97 Å². The summed E-state index contributed by atoms with van der Waals surface area (Å²) in [6, 6.07) is 17.6. The number of benzene rings is 3. The van der Waals surface area contributed by atoms with Crippen molar-refractivity contribution < 1.29 is 28.9 Å². The van der Waals surface area contributed by atoms with Crippen molar-refractivity contribution in [1.82, 2.24) is 4.90 Å². The zero-order valence-corrected chi connectivity index (χ0v) is 24.0. The zero-order valence-electron chi connectivity index (χ0n) is 21.6. The summed E-state index contributed by atoms with van der Waals surface area (Å²) in [6.45, 7) is 4.84. The summed E-state index contributed by atoms with van der Waals surface area (Å²) in [5, 5.41) is 9.85. The van der Waals surface area contributed by atoms with Crippen LogP contribution in [-0.4, -0.2) is 47.3 Å². The number of hydrogen-bond acceptors (Lipinski definition) is 7. The number of carboxylic acids is 1. The van der Waals surface area contributed by atoms with Crippen LogP contribution in [0.2, 0.25) is 0 Å². The molecule has 3 aromatic rings. The second-order valence-electron chi connectivity index (χ2n) is 8.31. The van der Waals surface area contributed by atoms with E-state index in [0.29, 0.717) is 44.8 Å². The number of ether oxygens (including phenoxy) is 3. The number of nitrogens with zero attached hydrogens (tertiary/aromatic N) is 2. The normalized spacial score (nSPS) is 15.2. The molecule has 8 nitrogen and oxygen atoms in total. The topological polar surface area (TPSA) is 97.7 Å². The lowest BCUT2D eigenvalue weighted by Gasteiger charge is -2.15. The molecule has 0 aromatic heterocycles. The molecule has 0 unspecified atom stereocenters. The van der Waals surface area contributed by atoms with Gasteiger partial charge in [-0.1, -0.05) is 12.1 Å². The zero-order chi connectivity index (χ0) is 27.9. The van der Waals surface area contributed by atoms with Crippen LogP contribution in [0.1, 0.15) is 35.3 Å². The Labute approximate surface area is 239 Å². The number of hydrogen-bond donors (Lipinski definition) is 1. The van der Waals surface area contributed by atoms with Crippen molar-refractivity contribution >= 4 is 56.5 Å². The number of thioether (sulfide) groups is 1. The lowest BCUT2D eigenvalue weighted by Crippen LogP contribution is -2.28. The Balaban J connectivity index is 1.59. The minimum absolute atomic E-state index is 0.123. The fourth-order valence-electron chi connectivity index (χ4n) is 3.81. The Morgan fingerprint density at radius 2 is 1.87 bits per heavy atom. The van der Waals surface area contributed by atoms with Gasteiger partial charge in [-0.25, -0.2) is 9.79 Å². The van der Waals surface area contributed by atoms with E-state index in [4.69, 9.17) is 14.2 Å². The van der Waals surface area contributed by atoms with Gasteiger partial charge in [0, 0.05) is 6.54 Å². The lowest BCUT2D eigenvalue weighted by molar-refractivity contribution is -0.122. The van der Waals surface area contributed by atoms with E-state index in [2.05, 4.69) is 20.9 Å². The maximum absolute atomic E-state index is 13.2. The number of aromatic carboxylic acids is 1. The first kappa shape index (κ1) is 28.3. The summed E-state index contributed by atoms with van der Waals surface area (Å²) in [5.41, 5.74) is 2.38. The highest BCUT2D eigenvalue weighted by Gasteiger charge is 2.32. The summed E-state index contributed by atoms with van der Waals surface area (Å²) in [5.74, 6) is 0.607. The smallest absolute Gasteiger partial charge is 0.335 e. The third-order valence-corrected chi connectivity index (χ3v) is 7.28. The molecule has 0 bridgehead atoms. The van der Waals surface area contributed by atoms with Crippen molar-refractivity contribution in [2.45, 2.75) is 20.5 Å². The SMILES string of the molecule is CCOc1cc(/C=C2/SC(=Nc3ccc(OC)cc3)N(CC)C2=O)cc(Br)c1OCc1cccc(C(=O)O)c1. The van der Waals surface area contributed by atoms with Crippen molar-refractivity contribution in [3.8, 4) is 17.2 Å². The molecule has 1 aliphatic rings. The van der Waals surface area contributed by atoms with E-state index in [1.165, 1.54) is 17.8 Å². The molecule has 1 heterocycles. The van der Waals surface area contributed by atoms with Gasteiger partial charge in [0.1, 0.15) is 12.4 Å². The Morgan fingerprint density at radius 3 is 2.54 bits per heavy atom. The summed E-state index contributed by atoms with van der Waals surface area (Å²) in [4.78, 5) is 31.3. The van der Waals surface area contributed by atoms with Crippen LogP contribution < -0.4 is 14.2 Å². The number of aliphatic imine (C=N–C) groups is 1. The highest BCUT2D eigenvalue weighted by Crippen LogP contribution is 2.40. The predicted molar refractivity (Wildman–Crippen MR) is 156 cm³/mol. The van der Waals surface area contributed by atoms with Gasteiger partial charge in [0.05, 0.1) is 34.3 Å². The maximum Gasteiger partial charge on any atom is 0.335 e. The molecule has 1 amide bonds. The third kappa shape index (κ3) is 6.82. The molecular weight excluding hydrogens is 584 g/mol. The average Bonchev–Trinajstić information content (AvgIpc) is 3.22. The molecule has 1 aliphatic heterocycles. The molecule has 39 heavy (non-hydrogen) atoms. The highest BCUT2D eigenvalue weighted by molar-refractivity contribution is 9.10. The van der Waals surface area contributed by atoms with Crippen LogP contribution in [0.25, 0.3) is 6.08 Å². The first-order valence-electron chi connectivity index (χ1n) is 12.2. The second-order valence-corrected chi connectivity index (χ2v) is 10.2. The van der Waals surface area contributed by atoms with E-state index in [1.807, 2.05) is 50.2 Å². The van der Waals surface area contributed by atoms with Crippen molar-refractivity contribution in [3.63, 3.8) is 0 Å². The fraction of sp³-hybridized carbons (Fsp3) is 0.207. The van der Waals surface area contributed by atoms with E-state index in [9.17, 15) is 14.7 Å². The minimum Gasteiger partial charge on any atom is -0.497 e. The Bertz CT molecular complexity index is 1440. The maximum atomic E-state index is 13.2. The molecule has 0 aliphatic carbocycles. The second kappa shape index (κ2) is 12.9. The van der Waals surface area contributed by atoms with Crippen molar-refractivity contribution in [2.24, 2.45) is 4.99 Å². The average molecular weight is 612 g/mol. The van der Waals surface area contributed by atoms with Gasteiger partial charge < -0.3 is 19.3 Å². The van der Waals surface area contributed by atoms with E-state index in [-0.39, 0.29) is 18.1 Å². The molecule has 0 saturated carbocycles. The Morgan fingerprint density at radius 1 is 1.10 bits per heavy atom. The predicted octanol–water partition coefficient (Wildman–Crippen LogP) is 6.76. The molecule has 0 spiro atoms. The van der Waals surface area contributed by atoms with Gasteiger partial charge in [-0.15, -0.1) is 0 Å². The number of methoxy groups -OCH3 is 1. The number of likely N-dealkylation sites (N-methyl/N-ethyl adjacent to an activating group) is 1. The lowest BCUT2D eigenvalue weighted by atomic mass is 10.1. The van der Waals surface area contributed by atoms with E-state index >= 15 is 0 Å². The summed E-state index contributed by atoms with van der Waals surface area (Å²) in [7, 11) is 1.61. The number of amides is 1. The van der Waals surface area contributed by atoms with Crippen molar-refractivity contribution in [3.05, 3.63) is 86.7 Å². The third-order valence-electron chi connectivity index (χ3n) is 5.69. The molecule has 1 fully saturated rings. The van der Waals surface area contributed by atoms with E-state index in [1.54, 1.807) is 36.3 Å². The molecular formula is C29H27BrN2O6S. The van der Waals surface area contributed by atoms with Gasteiger partial charge in [0.2, 0.25) is 0 Å². The van der Waals surface area contributed by atoms with Gasteiger partial charge in [-0.3, -0.25) is 9.69 Å². The van der Waals surface area contributed by atoms with Crippen LogP contribution in [0.15, 0.2) is 75.0 Å². The molecule has 1 saturated heterocycles. The first-order valence-corrected chi connectivity index (χ1v) is 13.8. The van der Waals surface area contributed by atoms with Gasteiger partial charge in [0.25, 0.3) is 5.91 Å². The quantitative estimate of drug-likeness (QED) is 0.253. The number of carbonyl (C=O) groups is 2. The summed E-state index contributed by atoms with van der Waals surface area (Å²) >= 11 is 4.89. The molecule has 1 N–H and O–H groups in total. The summed E-state index contributed by atoms with van der Waals surface area (Å²) in [6.07, 6.45) is 1.81. The molecule has 10 heteroatoms. The molecule has 4 rings (SSSR count). The number of carboxylic acid groups (broad SMARTS) is 1. The number of carbonyl (C=O) groups excluding carboxylic acids is 1.